The van der Waals surface area contributed by atoms with Gasteiger partial charge in [-0.2, -0.15) is 11.8 Å². The molecule has 0 radical (unpaired) electrons. The van der Waals surface area contributed by atoms with Gasteiger partial charge in [0.2, 0.25) is 0 Å². The lowest BCUT2D eigenvalue weighted by Gasteiger charge is -2.38. The molecular weight excluding hydrogens is 398 g/mol. The van der Waals surface area contributed by atoms with Crippen LogP contribution in [0.5, 0.6) is 0 Å². The van der Waals surface area contributed by atoms with Crippen LogP contribution in [-0.2, 0) is 10.2 Å². The predicted molar refractivity (Wildman–Crippen MR) is 111 cm³/mol. The normalized spacial score (nSPS) is 23.4. The molecular formula is C19H28BrN3OS. The molecule has 25 heavy (non-hydrogen) atoms. The van der Waals surface area contributed by atoms with Crippen LogP contribution in [0.15, 0.2) is 33.7 Å². The third-order valence-corrected chi connectivity index (χ3v) is 7.17. The van der Waals surface area contributed by atoms with Crippen LogP contribution in [-0.4, -0.2) is 50.3 Å². The van der Waals surface area contributed by atoms with Crippen molar-refractivity contribution in [1.29, 1.82) is 0 Å². The lowest BCUT2D eigenvalue weighted by Crippen LogP contribution is -2.48. The van der Waals surface area contributed by atoms with Crippen molar-refractivity contribution >= 4 is 33.7 Å². The summed E-state index contributed by atoms with van der Waals surface area (Å²) in [7, 11) is 1.85. The maximum atomic E-state index is 5.63. The number of nitrogens with one attached hydrogen (secondary N) is 2. The van der Waals surface area contributed by atoms with Crippen molar-refractivity contribution in [3.8, 4) is 0 Å². The van der Waals surface area contributed by atoms with E-state index in [1.165, 1.54) is 24.2 Å². The van der Waals surface area contributed by atoms with E-state index in [0.29, 0.717) is 0 Å². The number of ether oxygens (including phenoxy) is 1. The molecule has 4 nitrogen and oxygen atoms in total. The van der Waals surface area contributed by atoms with Gasteiger partial charge in [0.15, 0.2) is 5.96 Å². The fourth-order valence-corrected chi connectivity index (χ4v) is 5.09. The van der Waals surface area contributed by atoms with Crippen LogP contribution < -0.4 is 10.6 Å². The molecule has 2 aliphatic rings. The summed E-state index contributed by atoms with van der Waals surface area (Å²) in [6.45, 7) is 3.53. The van der Waals surface area contributed by atoms with Crippen LogP contribution in [0.25, 0.3) is 0 Å². The van der Waals surface area contributed by atoms with Crippen LogP contribution in [0.1, 0.15) is 31.2 Å². The van der Waals surface area contributed by atoms with E-state index >= 15 is 0 Å². The summed E-state index contributed by atoms with van der Waals surface area (Å²) in [5.41, 5.74) is 1.49. The summed E-state index contributed by atoms with van der Waals surface area (Å²) in [5, 5.41) is 7.81. The average Bonchev–Trinajstić information content (AvgIpc) is 3.17. The number of hydrogen-bond donors (Lipinski definition) is 2. The van der Waals surface area contributed by atoms with E-state index in [0.717, 1.165) is 54.8 Å². The molecule has 1 atom stereocenters. The molecule has 2 aliphatic heterocycles. The number of aliphatic imine (C=N–C) groups is 1. The minimum atomic E-state index is 0.110. The van der Waals surface area contributed by atoms with Gasteiger partial charge >= 0.3 is 0 Å². The highest BCUT2D eigenvalue weighted by Gasteiger charge is 2.34. The first kappa shape index (κ1) is 19.1. The molecule has 1 unspecified atom stereocenters. The number of guanidine groups is 1. The van der Waals surface area contributed by atoms with Crippen molar-refractivity contribution < 1.29 is 4.74 Å². The average molecular weight is 426 g/mol. The third-order valence-electron chi connectivity index (χ3n) is 5.25. The maximum Gasteiger partial charge on any atom is 0.191 e. The SMILES string of the molecule is CN=C(NCC1CCCS1)NCC1(c2ccc(Br)cc2)CCOCC1. The molecule has 0 saturated carbocycles. The van der Waals surface area contributed by atoms with Gasteiger partial charge in [0.25, 0.3) is 0 Å². The van der Waals surface area contributed by atoms with Crippen LogP contribution in [0.2, 0.25) is 0 Å². The second kappa shape index (κ2) is 9.28. The van der Waals surface area contributed by atoms with Crippen molar-refractivity contribution in [2.45, 2.75) is 36.3 Å². The van der Waals surface area contributed by atoms with Gasteiger partial charge in [0.05, 0.1) is 0 Å². The smallest absolute Gasteiger partial charge is 0.191 e. The second-order valence-corrected chi connectivity index (χ2v) is 9.17. The molecule has 2 N–H and O–H groups in total. The topological polar surface area (TPSA) is 45.7 Å². The third kappa shape index (κ3) is 5.14. The van der Waals surface area contributed by atoms with Gasteiger partial charge < -0.3 is 15.4 Å². The summed E-state index contributed by atoms with van der Waals surface area (Å²) in [4.78, 5) is 4.42. The van der Waals surface area contributed by atoms with Crippen LogP contribution >= 0.6 is 27.7 Å². The summed E-state index contributed by atoms with van der Waals surface area (Å²) >= 11 is 5.61. The largest absolute Gasteiger partial charge is 0.381 e. The zero-order chi connectivity index (χ0) is 17.5. The van der Waals surface area contributed by atoms with Crippen LogP contribution in [0.3, 0.4) is 0 Å². The Morgan fingerprint density at radius 2 is 2.04 bits per heavy atom. The van der Waals surface area contributed by atoms with Gasteiger partial charge in [-0.05, 0) is 49.1 Å². The fraction of sp³-hybridized carbons (Fsp3) is 0.632. The Morgan fingerprint density at radius 3 is 2.68 bits per heavy atom. The van der Waals surface area contributed by atoms with Crippen LogP contribution in [0.4, 0.5) is 0 Å². The van der Waals surface area contributed by atoms with Gasteiger partial charge in [0.1, 0.15) is 0 Å². The predicted octanol–water partition coefficient (Wildman–Crippen LogP) is 3.56. The van der Waals surface area contributed by atoms with Gasteiger partial charge in [-0.3, -0.25) is 4.99 Å². The Morgan fingerprint density at radius 1 is 1.28 bits per heavy atom. The Balaban J connectivity index is 1.62. The highest BCUT2D eigenvalue weighted by Crippen LogP contribution is 2.35. The minimum Gasteiger partial charge on any atom is -0.381 e. The number of benzene rings is 1. The van der Waals surface area contributed by atoms with Crippen molar-refractivity contribution in [1.82, 2.24) is 10.6 Å². The number of thioether (sulfide) groups is 1. The minimum absolute atomic E-state index is 0.110. The molecule has 3 rings (SSSR count). The lowest BCUT2D eigenvalue weighted by molar-refractivity contribution is 0.0514. The molecule has 0 aromatic heterocycles. The molecule has 0 spiro atoms. The van der Waals surface area contributed by atoms with E-state index in [4.69, 9.17) is 4.74 Å². The first-order valence-corrected chi connectivity index (χ1v) is 11.0. The number of nitrogens with zero attached hydrogens (tertiary/aromatic N) is 1. The molecule has 2 heterocycles. The number of halogens is 1. The van der Waals surface area contributed by atoms with Gasteiger partial charge in [-0.15, -0.1) is 0 Å². The van der Waals surface area contributed by atoms with Crippen molar-refractivity contribution in [3.05, 3.63) is 34.3 Å². The number of hydrogen-bond acceptors (Lipinski definition) is 3. The molecule has 0 aliphatic carbocycles. The summed E-state index contributed by atoms with van der Waals surface area (Å²) in [6, 6.07) is 8.75. The molecule has 0 bridgehead atoms. The summed E-state index contributed by atoms with van der Waals surface area (Å²) in [6.07, 6.45) is 4.73. The molecule has 2 saturated heterocycles. The molecule has 2 fully saturated rings. The monoisotopic (exact) mass is 425 g/mol. The maximum absolute atomic E-state index is 5.63. The van der Waals surface area contributed by atoms with Crippen molar-refractivity contribution in [3.63, 3.8) is 0 Å². The van der Waals surface area contributed by atoms with Gasteiger partial charge in [-0.25, -0.2) is 0 Å². The lowest BCUT2D eigenvalue weighted by atomic mass is 9.74. The van der Waals surface area contributed by atoms with E-state index in [1.807, 2.05) is 7.05 Å². The van der Waals surface area contributed by atoms with E-state index in [9.17, 15) is 0 Å². The summed E-state index contributed by atoms with van der Waals surface area (Å²) < 4.78 is 6.76. The zero-order valence-electron chi connectivity index (χ0n) is 14.9. The molecule has 6 heteroatoms. The van der Waals surface area contributed by atoms with Crippen molar-refractivity contribution in [2.75, 3.05) is 39.1 Å². The standard InChI is InChI=1S/C19H28BrN3OS/c1-21-18(22-13-17-3-2-12-25-17)23-14-19(8-10-24-11-9-19)15-4-6-16(20)7-5-15/h4-7,17H,2-3,8-14H2,1H3,(H2,21,22,23). The first-order chi connectivity index (χ1) is 12.2. The molecule has 0 amide bonds. The number of rotatable bonds is 5. The molecule has 1 aromatic rings. The fourth-order valence-electron chi connectivity index (χ4n) is 3.62. The second-order valence-electron chi connectivity index (χ2n) is 6.84. The van der Waals surface area contributed by atoms with E-state index in [2.05, 4.69) is 67.6 Å². The van der Waals surface area contributed by atoms with E-state index in [1.54, 1.807) is 0 Å². The highest BCUT2D eigenvalue weighted by atomic mass is 79.9. The molecule has 1 aromatic carbocycles. The Labute approximate surface area is 163 Å². The quantitative estimate of drug-likeness (QED) is 0.559. The van der Waals surface area contributed by atoms with Crippen LogP contribution in [0, 0.1) is 0 Å². The van der Waals surface area contributed by atoms with Gasteiger partial charge in [0, 0.05) is 48.5 Å². The zero-order valence-corrected chi connectivity index (χ0v) is 17.3. The summed E-state index contributed by atoms with van der Waals surface area (Å²) in [5.74, 6) is 2.21. The Hall–Kier alpha value is -0.720. The van der Waals surface area contributed by atoms with Crippen molar-refractivity contribution in [2.24, 2.45) is 4.99 Å². The van der Waals surface area contributed by atoms with E-state index in [-0.39, 0.29) is 5.41 Å². The molecule has 138 valence electrons. The first-order valence-electron chi connectivity index (χ1n) is 9.12. The Bertz CT molecular complexity index is 567. The van der Waals surface area contributed by atoms with Gasteiger partial charge in [-0.1, -0.05) is 28.1 Å². The highest BCUT2D eigenvalue weighted by molar-refractivity contribution is 9.10. The Kier molecular flexibility index (Phi) is 7.08. The van der Waals surface area contributed by atoms with E-state index < -0.39 is 0 Å².